The Morgan fingerprint density at radius 3 is 2.70 bits per heavy atom. The summed E-state index contributed by atoms with van der Waals surface area (Å²) in [6.45, 7) is 2.78. The van der Waals surface area contributed by atoms with E-state index in [1.54, 1.807) is 14.2 Å². The minimum atomic E-state index is 0.184. The second-order valence-corrected chi connectivity index (χ2v) is 7.11. The van der Waals surface area contributed by atoms with Gasteiger partial charge < -0.3 is 19.3 Å². The Morgan fingerprint density at radius 1 is 1.04 bits per heavy atom. The van der Waals surface area contributed by atoms with Gasteiger partial charge >= 0.3 is 0 Å². The monoisotopic (exact) mass is 366 g/mol. The van der Waals surface area contributed by atoms with Gasteiger partial charge in [0.2, 0.25) is 5.91 Å². The van der Waals surface area contributed by atoms with Gasteiger partial charge in [0.25, 0.3) is 0 Å². The summed E-state index contributed by atoms with van der Waals surface area (Å²) in [7, 11) is 3.26. The molecule has 5 nitrogen and oxygen atoms in total. The average Bonchev–Trinajstić information content (AvgIpc) is 2.72. The van der Waals surface area contributed by atoms with Gasteiger partial charge in [0.15, 0.2) is 11.5 Å². The van der Waals surface area contributed by atoms with Crippen LogP contribution in [0.15, 0.2) is 36.4 Å². The largest absolute Gasteiger partial charge is 0.493 e. The van der Waals surface area contributed by atoms with Crippen LogP contribution in [0.4, 0.5) is 11.4 Å². The first-order valence-corrected chi connectivity index (χ1v) is 9.59. The Balaban J connectivity index is 1.49. The van der Waals surface area contributed by atoms with Crippen LogP contribution in [-0.2, 0) is 17.6 Å². The Labute approximate surface area is 160 Å². The van der Waals surface area contributed by atoms with Crippen molar-refractivity contribution in [1.82, 2.24) is 0 Å². The highest BCUT2D eigenvalue weighted by Crippen LogP contribution is 2.39. The molecule has 5 heteroatoms. The van der Waals surface area contributed by atoms with Gasteiger partial charge in [-0.2, -0.15) is 0 Å². The lowest BCUT2D eigenvalue weighted by Gasteiger charge is -2.41. The fraction of sp³-hybridized carbons (Fsp3) is 0.409. The van der Waals surface area contributed by atoms with Crippen LogP contribution in [0, 0.1) is 0 Å². The van der Waals surface area contributed by atoms with Crippen LogP contribution in [0.1, 0.15) is 24.0 Å². The maximum atomic E-state index is 13.0. The lowest BCUT2D eigenvalue weighted by Crippen LogP contribution is -2.46. The molecule has 2 aromatic rings. The molecule has 0 N–H and O–H groups in total. The van der Waals surface area contributed by atoms with Crippen molar-refractivity contribution in [3.63, 3.8) is 0 Å². The summed E-state index contributed by atoms with van der Waals surface area (Å²) in [5.74, 6) is 1.59. The second kappa shape index (κ2) is 7.51. The van der Waals surface area contributed by atoms with Crippen LogP contribution >= 0.6 is 0 Å². The van der Waals surface area contributed by atoms with Gasteiger partial charge in [-0.25, -0.2) is 0 Å². The number of nitrogens with zero attached hydrogens (tertiary/aromatic N) is 2. The van der Waals surface area contributed by atoms with E-state index in [1.165, 1.54) is 17.7 Å². The fourth-order valence-electron chi connectivity index (χ4n) is 4.18. The third-order valence-electron chi connectivity index (χ3n) is 5.55. The Hall–Kier alpha value is -2.69. The fourth-order valence-corrected chi connectivity index (χ4v) is 4.18. The normalized spacial score (nSPS) is 15.3. The molecule has 4 rings (SSSR count). The SMILES string of the molecule is COc1ccc(CCC(=O)N2CCN3CCCc4cccc2c43)cc1OC. The summed E-state index contributed by atoms with van der Waals surface area (Å²) in [6, 6.07) is 12.2. The molecule has 27 heavy (non-hydrogen) atoms. The summed E-state index contributed by atoms with van der Waals surface area (Å²) in [5.41, 5.74) is 4.80. The molecule has 0 radical (unpaired) electrons. The first-order chi connectivity index (χ1) is 13.2. The maximum Gasteiger partial charge on any atom is 0.227 e. The van der Waals surface area contributed by atoms with Gasteiger partial charge in [0.1, 0.15) is 0 Å². The van der Waals surface area contributed by atoms with Crippen LogP contribution < -0.4 is 19.3 Å². The first kappa shape index (κ1) is 17.7. The summed E-state index contributed by atoms with van der Waals surface area (Å²) in [5, 5.41) is 0. The van der Waals surface area contributed by atoms with Crippen molar-refractivity contribution in [3.8, 4) is 11.5 Å². The zero-order chi connectivity index (χ0) is 18.8. The third kappa shape index (κ3) is 3.34. The number of aryl methyl sites for hydroxylation is 2. The molecule has 2 heterocycles. The van der Waals surface area contributed by atoms with Gasteiger partial charge in [0, 0.05) is 26.1 Å². The van der Waals surface area contributed by atoms with Crippen molar-refractivity contribution in [2.75, 3.05) is 43.7 Å². The Bertz CT molecular complexity index is 849. The molecule has 0 aliphatic carbocycles. The van der Waals surface area contributed by atoms with E-state index in [-0.39, 0.29) is 5.91 Å². The van der Waals surface area contributed by atoms with Crippen LogP contribution in [0.3, 0.4) is 0 Å². The molecule has 0 saturated heterocycles. The van der Waals surface area contributed by atoms with E-state index in [4.69, 9.17) is 9.47 Å². The Morgan fingerprint density at radius 2 is 1.89 bits per heavy atom. The van der Waals surface area contributed by atoms with Crippen molar-refractivity contribution in [2.24, 2.45) is 0 Å². The number of rotatable bonds is 5. The smallest absolute Gasteiger partial charge is 0.227 e. The topological polar surface area (TPSA) is 42.0 Å². The van der Waals surface area contributed by atoms with Crippen LogP contribution in [-0.4, -0.2) is 39.8 Å². The highest BCUT2D eigenvalue weighted by atomic mass is 16.5. The standard InChI is InChI=1S/C22H26N2O3/c1-26-19-10-8-16(15-20(19)27-2)9-11-21(25)24-14-13-23-12-4-6-17-5-3-7-18(24)22(17)23/h3,5,7-8,10,15H,4,6,9,11-14H2,1-2H3. The van der Waals surface area contributed by atoms with E-state index >= 15 is 0 Å². The highest BCUT2D eigenvalue weighted by molar-refractivity contribution is 5.98. The molecule has 2 aliphatic rings. The molecule has 0 bridgehead atoms. The number of carbonyl (C=O) groups is 1. The van der Waals surface area contributed by atoms with Crippen LogP contribution in [0.5, 0.6) is 11.5 Å². The summed E-state index contributed by atoms with van der Waals surface area (Å²) in [6.07, 6.45) is 3.48. The van der Waals surface area contributed by atoms with E-state index in [1.807, 2.05) is 23.1 Å². The molecule has 1 amide bonds. The summed E-state index contributed by atoms with van der Waals surface area (Å²) in [4.78, 5) is 17.4. The molecule has 2 aromatic carbocycles. The minimum Gasteiger partial charge on any atom is -0.493 e. The predicted octanol–water partition coefficient (Wildman–Crippen LogP) is 3.44. The molecule has 0 aromatic heterocycles. The van der Waals surface area contributed by atoms with Crippen molar-refractivity contribution in [1.29, 1.82) is 0 Å². The number of hydrogen-bond acceptors (Lipinski definition) is 4. The van der Waals surface area contributed by atoms with Crippen LogP contribution in [0.2, 0.25) is 0 Å². The van der Waals surface area contributed by atoms with Crippen molar-refractivity contribution >= 4 is 17.3 Å². The zero-order valence-corrected chi connectivity index (χ0v) is 16.0. The number of benzene rings is 2. The van der Waals surface area contributed by atoms with E-state index in [9.17, 15) is 4.79 Å². The second-order valence-electron chi connectivity index (χ2n) is 7.11. The van der Waals surface area contributed by atoms with E-state index in [2.05, 4.69) is 23.1 Å². The average molecular weight is 366 g/mol. The molecule has 142 valence electrons. The lowest BCUT2D eigenvalue weighted by atomic mass is 9.97. The molecule has 0 atom stereocenters. The summed E-state index contributed by atoms with van der Waals surface area (Å²) >= 11 is 0. The number of amides is 1. The van der Waals surface area contributed by atoms with E-state index in [0.29, 0.717) is 24.3 Å². The molecule has 0 fully saturated rings. The van der Waals surface area contributed by atoms with Gasteiger partial charge in [0.05, 0.1) is 25.6 Å². The van der Waals surface area contributed by atoms with Gasteiger partial charge in [-0.15, -0.1) is 0 Å². The molecule has 0 spiro atoms. The van der Waals surface area contributed by atoms with Gasteiger partial charge in [-0.1, -0.05) is 18.2 Å². The zero-order valence-electron chi connectivity index (χ0n) is 16.0. The van der Waals surface area contributed by atoms with Crippen molar-refractivity contribution in [2.45, 2.75) is 25.7 Å². The molecular weight excluding hydrogens is 340 g/mol. The van der Waals surface area contributed by atoms with E-state index in [0.717, 1.165) is 37.3 Å². The molecule has 2 aliphatic heterocycles. The number of methoxy groups -OCH3 is 2. The van der Waals surface area contributed by atoms with E-state index < -0.39 is 0 Å². The number of carbonyl (C=O) groups excluding carboxylic acids is 1. The number of hydrogen-bond donors (Lipinski definition) is 0. The predicted molar refractivity (Wildman–Crippen MR) is 107 cm³/mol. The summed E-state index contributed by atoms with van der Waals surface area (Å²) < 4.78 is 10.6. The van der Waals surface area contributed by atoms with Gasteiger partial charge in [-0.3, -0.25) is 4.79 Å². The molecular formula is C22H26N2O3. The first-order valence-electron chi connectivity index (χ1n) is 9.59. The number of para-hydroxylation sites is 1. The third-order valence-corrected chi connectivity index (χ3v) is 5.55. The highest BCUT2D eigenvalue weighted by Gasteiger charge is 2.30. The minimum absolute atomic E-state index is 0.184. The van der Waals surface area contributed by atoms with Crippen molar-refractivity contribution in [3.05, 3.63) is 47.5 Å². The van der Waals surface area contributed by atoms with Gasteiger partial charge in [-0.05, 0) is 48.6 Å². The Kier molecular flexibility index (Phi) is 4.92. The lowest BCUT2D eigenvalue weighted by molar-refractivity contribution is -0.118. The molecule has 0 unspecified atom stereocenters. The molecule has 0 saturated carbocycles. The quantitative estimate of drug-likeness (QED) is 0.813. The van der Waals surface area contributed by atoms with Crippen molar-refractivity contribution < 1.29 is 14.3 Å². The number of ether oxygens (including phenoxy) is 2. The maximum absolute atomic E-state index is 13.0. The van der Waals surface area contributed by atoms with Crippen LogP contribution in [0.25, 0.3) is 0 Å². The number of anilines is 2.